The van der Waals surface area contributed by atoms with E-state index in [2.05, 4.69) is 4.74 Å². The molecular formula is C10H9F5O. The normalized spacial score (nSPS) is 11.6. The second-order valence-electron chi connectivity index (χ2n) is 3.19. The Morgan fingerprint density at radius 2 is 1.62 bits per heavy atom. The van der Waals surface area contributed by atoms with Gasteiger partial charge in [-0.2, -0.15) is 0 Å². The van der Waals surface area contributed by atoms with Crippen LogP contribution in [-0.2, 0) is 6.42 Å². The van der Waals surface area contributed by atoms with Crippen molar-refractivity contribution in [2.75, 3.05) is 0 Å². The average molecular weight is 240 g/mol. The molecule has 1 nitrogen and oxygen atoms in total. The highest BCUT2D eigenvalue weighted by Gasteiger charge is 2.34. The van der Waals surface area contributed by atoms with Crippen molar-refractivity contribution in [3.63, 3.8) is 0 Å². The lowest BCUT2D eigenvalue weighted by Gasteiger charge is -2.11. The summed E-state index contributed by atoms with van der Waals surface area (Å²) in [4.78, 5) is 0. The second-order valence-corrected chi connectivity index (χ2v) is 3.19. The molecule has 0 N–H and O–H groups in total. The van der Waals surface area contributed by atoms with Gasteiger partial charge in [-0.3, -0.25) is 0 Å². The van der Waals surface area contributed by atoms with Crippen molar-refractivity contribution >= 4 is 0 Å². The van der Waals surface area contributed by atoms with Crippen molar-refractivity contribution < 1.29 is 26.7 Å². The Morgan fingerprint density at radius 1 is 1.12 bits per heavy atom. The molecule has 0 amide bonds. The van der Waals surface area contributed by atoms with E-state index in [1.54, 1.807) is 6.92 Å². The summed E-state index contributed by atoms with van der Waals surface area (Å²) in [7, 11) is 0. The molecule has 1 aromatic carbocycles. The monoisotopic (exact) mass is 240 g/mol. The molecule has 0 aliphatic carbocycles. The van der Waals surface area contributed by atoms with E-state index in [0.29, 0.717) is 18.4 Å². The summed E-state index contributed by atoms with van der Waals surface area (Å²) in [6.45, 7) is 1.79. The Morgan fingerprint density at radius 3 is 2.00 bits per heavy atom. The Bertz CT molecular complexity index is 349. The van der Waals surface area contributed by atoms with E-state index >= 15 is 0 Å². The first-order chi connectivity index (χ1) is 7.33. The molecule has 0 fully saturated rings. The van der Waals surface area contributed by atoms with E-state index in [0.717, 1.165) is 12.1 Å². The van der Waals surface area contributed by atoms with Gasteiger partial charge in [0.25, 0.3) is 0 Å². The first kappa shape index (κ1) is 12.7. The van der Waals surface area contributed by atoms with Crippen LogP contribution in [0, 0.1) is 11.6 Å². The van der Waals surface area contributed by atoms with Crippen LogP contribution in [0.1, 0.15) is 18.9 Å². The maximum atomic E-state index is 13.1. The van der Waals surface area contributed by atoms with Crippen LogP contribution < -0.4 is 4.74 Å². The van der Waals surface area contributed by atoms with Gasteiger partial charge < -0.3 is 4.74 Å². The quantitative estimate of drug-likeness (QED) is 0.730. The second kappa shape index (κ2) is 4.67. The van der Waals surface area contributed by atoms with Gasteiger partial charge in [0, 0.05) is 0 Å². The number of rotatable bonds is 3. The Labute approximate surface area is 88.8 Å². The summed E-state index contributed by atoms with van der Waals surface area (Å²) in [5.74, 6) is -4.10. The lowest BCUT2D eigenvalue weighted by molar-refractivity contribution is -0.276. The number of aryl methyl sites for hydroxylation is 1. The van der Waals surface area contributed by atoms with Gasteiger partial charge in [-0.25, -0.2) is 8.78 Å². The van der Waals surface area contributed by atoms with Crippen LogP contribution in [0.3, 0.4) is 0 Å². The van der Waals surface area contributed by atoms with Crippen LogP contribution in [0.25, 0.3) is 0 Å². The minimum absolute atomic E-state index is 0.298. The maximum Gasteiger partial charge on any atom is 0.573 e. The van der Waals surface area contributed by atoms with Crippen molar-refractivity contribution in [1.82, 2.24) is 0 Å². The van der Waals surface area contributed by atoms with Gasteiger partial charge in [-0.15, -0.1) is 13.2 Å². The predicted octanol–water partition coefficient (Wildman–Crippen LogP) is 3.82. The lowest BCUT2D eigenvalue weighted by atomic mass is 10.1. The van der Waals surface area contributed by atoms with Gasteiger partial charge in [0.05, 0.1) is 0 Å². The van der Waals surface area contributed by atoms with E-state index in [1.165, 1.54) is 0 Å². The summed E-state index contributed by atoms with van der Waals surface area (Å²) < 4.78 is 64.8. The van der Waals surface area contributed by atoms with E-state index in [4.69, 9.17) is 0 Å². The third kappa shape index (κ3) is 3.36. The lowest BCUT2D eigenvalue weighted by Crippen LogP contribution is -2.19. The Hall–Kier alpha value is -1.33. The minimum atomic E-state index is -5.10. The van der Waals surface area contributed by atoms with Gasteiger partial charge in [0.15, 0.2) is 11.6 Å². The molecule has 0 aliphatic rings. The first-order valence-electron chi connectivity index (χ1n) is 4.57. The molecule has 0 heterocycles. The van der Waals surface area contributed by atoms with Crippen LogP contribution in [0.15, 0.2) is 12.1 Å². The number of ether oxygens (including phenoxy) is 1. The third-order valence-corrected chi connectivity index (χ3v) is 1.81. The van der Waals surface area contributed by atoms with Gasteiger partial charge in [-0.05, 0) is 24.1 Å². The molecule has 6 heteroatoms. The highest BCUT2D eigenvalue weighted by Crippen LogP contribution is 2.29. The topological polar surface area (TPSA) is 9.23 Å². The van der Waals surface area contributed by atoms with Crippen LogP contribution in [0.2, 0.25) is 0 Å². The van der Waals surface area contributed by atoms with Gasteiger partial charge in [-0.1, -0.05) is 13.3 Å². The van der Waals surface area contributed by atoms with Crippen molar-refractivity contribution in [2.24, 2.45) is 0 Å². The van der Waals surface area contributed by atoms with Crippen LogP contribution in [-0.4, -0.2) is 6.36 Å². The van der Waals surface area contributed by atoms with Crippen LogP contribution in [0.5, 0.6) is 5.75 Å². The fourth-order valence-electron chi connectivity index (χ4n) is 1.26. The minimum Gasteiger partial charge on any atom is -0.399 e. The van der Waals surface area contributed by atoms with Crippen molar-refractivity contribution in [3.8, 4) is 5.75 Å². The summed E-state index contributed by atoms with van der Waals surface area (Å²) in [5.41, 5.74) is 0.298. The van der Waals surface area contributed by atoms with E-state index < -0.39 is 23.7 Å². The van der Waals surface area contributed by atoms with Gasteiger partial charge in [0.1, 0.15) is 0 Å². The SMILES string of the molecule is CCCc1cc(F)c(OC(F)(F)F)c(F)c1. The number of benzene rings is 1. The zero-order valence-electron chi connectivity index (χ0n) is 8.37. The number of hydrogen-bond donors (Lipinski definition) is 0. The first-order valence-corrected chi connectivity index (χ1v) is 4.57. The third-order valence-electron chi connectivity index (χ3n) is 1.81. The highest BCUT2D eigenvalue weighted by atomic mass is 19.4. The molecular weight excluding hydrogens is 231 g/mol. The van der Waals surface area contributed by atoms with Gasteiger partial charge in [0.2, 0.25) is 5.75 Å². The van der Waals surface area contributed by atoms with Gasteiger partial charge >= 0.3 is 6.36 Å². The number of halogens is 5. The molecule has 16 heavy (non-hydrogen) atoms. The smallest absolute Gasteiger partial charge is 0.399 e. The molecule has 1 rings (SSSR count). The van der Waals surface area contributed by atoms with E-state index in [9.17, 15) is 22.0 Å². The molecule has 0 saturated carbocycles. The van der Waals surface area contributed by atoms with Crippen molar-refractivity contribution in [3.05, 3.63) is 29.3 Å². The maximum absolute atomic E-state index is 13.1. The van der Waals surface area contributed by atoms with Crippen LogP contribution in [0.4, 0.5) is 22.0 Å². The molecule has 0 unspecified atom stereocenters. The zero-order chi connectivity index (χ0) is 12.3. The summed E-state index contributed by atoms with van der Waals surface area (Å²) in [5, 5.41) is 0. The molecule has 0 atom stereocenters. The molecule has 0 aromatic heterocycles. The fourth-order valence-corrected chi connectivity index (χ4v) is 1.26. The standard InChI is InChI=1S/C10H9F5O/c1-2-3-6-4-7(11)9(8(12)5-6)16-10(13,14)15/h4-5H,2-3H2,1H3. The summed E-state index contributed by atoms with van der Waals surface area (Å²) in [6, 6.07) is 1.68. The fraction of sp³-hybridized carbons (Fsp3) is 0.400. The van der Waals surface area contributed by atoms with E-state index in [-0.39, 0.29) is 0 Å². The van der Waals surface area contributed by atoms with Crippen molar-refractivity contribution in [1.29, 1.82) is 0 Å². The Kier molecular flexibility index (Phi) is 3.72. The molecule has 1 aromatic rings. The molecule has 0 bridgehead atoms. The molecule has 0 radical (unpaired) electrons. The number of alkyl halides is 3. The molecule has 90 valence electrons. The summed E-state index contributed by atoms with van der Waals surface area (Å²) >= 11 is 0. The average Bonchev–Trinajstić information content (AvgIpc) is 2.10. The predicted molar refractivity (Wildman–Crippen MR) is 47.0 cm³/mol. The summed E-state index contributed by atoms with van der Waals surface area (Å²) in [6.07, 6.45) is -4.08. The van der Waals surface area contributed by atoms with Crippen LogP contribution >= 0.6 is 0 Å². The highest BCUT2D eigenvalue weighted by molar-refractivity contribution is 5.31. The molecule has 0 saturated heterocycles. The van der Waals surface area contributed by atoms with E-state index in [1.807, 2.05) is 0 Å². The number of hydrogen-bond acceptors (Lipinski definition) is 1. The zero-order valence-corrected chi connectivity index (χ0v) is 8.37. The molecule has 0 aliphatic heterocycles. The molecule has 0 spiro atoms. The Balaban J connectivity index is 3.03. The van der Waals surface area contributed by atoms with Crippen molar-refractivity contribution in [2.45, 2.75) is 26.1 Å². The largest absolute Gasteiger partial charge is 0.573 e.